The number of carbonyl (C=O) groups excluding carboxylic acids is 1. The SMILES string of the molecule is C#Cc1cccnc1.CCC(C)C(=O)Cl.CCC(C)c1nc(-c2ccc(Br)cc2)no1.CCC(C)c1nc(-c2ccc(C#Cc3cccnc3)cc2)no1.Cl.N/C(=N\O)c1ccc(Br)cc1. The van der Waals surface area contributed by atoms with Gasteiger partial charge in [0.15, 0.2) is 5.84 Å². The third kappa shape index (κ3) is 19.9. The Labute approximate surface area is 415 Å². The molecule has 7 rings (SSSR count). The molecule has 4 heterocycles. The first-order chi connectivity index (χ1) is 31.3. The molecule has 0 aliphatic carbocycles. The van der Waals surface area contributed by atoms with Crippen molar-refractivity contribution < 1.29 is 19.0 Å². The van der Waals surface area contributed by atoms with Crippen molar-refractivity contribution in [3.8, 4) is 47.0 Å². The maximum Gasteiger partial charge on any atom is 0.229 e. The van der Waals surface area contributed by atoms with Crippen LogP contribution in [-0.4, -0.2) is 46.5 Å². The second-order valence-corrected chi connectivity index (χ2v) is 16.3. The first-order valence-electron chi connectivity index (χ1n) is 20.6. The molecular formula is C50H52Br2Cl2N8O4. The number of hydrogen-bond acceptors (Lipinski definition) is 11. The summed E-state index contributed by atoms with van der Waals surface area (Å²) in [6.07, 6.45) is 14.7. The van der Waals surface area contributed by atoms with Crippen molar-refractivity contribution in [2.24, 2.45) is 16.8 Å². The number of benzene rings is 3. The number of halogens is 4. The van der Waals surface area contributed by atoms with Crippen molar-refractivity contribution in [3.63, 3.8) is 0 Å². The van der Waals surface area contributed by atoms with Crippen LogP contribution in [0.1, 0.15) is 107 Å². The van der Waals surface area contributed by atoms with E-state index >= 15 is 0 Å². The van der Waals surface area contributed by atoms with E-state index < -0.39 is 0 Å². The van der Waals surface area contributed by atoms with Crippen LogP contribution in [-0.2, 0) is 4.79 Å². The lowest BCUT2D eigenvalue weighted by Crippen LogP contribution is -2.12. The van der Waals surface area contributed by atoms with Gasteiger partial charge in [-0.25, -0.2) is 0 Å². The fraction of sp³-hybridized carbons (Fsp3) is 0.240. The van der Waals surface area contributed by atoms with Crippen molar-refractivity contribution in [3.05, 3.63) is 165 Å². The molecule has 0 fully saturated rings. The van der Waals surface area contributed by atoms with E-state index in [2.05, 4.69) is 113 Å². The van der Waals surface area contributed by atoms with E-state index in [1.165, 1.54) is 0 Å². The Hall–Kier alpha value is -6.16. The minimum atomic E-state index is -0.234. The minimum Gasteiger partial charge on any atom is -0.409 e. The highest BCUT2D eigenvalue weighted by atomic mass is 79.9. The van der Waals surface area contributed by atoms with Crippen LogP contribution < -0.4 is 5.73 Å². The first kappa shape index (κ1) is 56.0. The molecule has 0 aliphatic heterocycles. The molecule has 0 aliphatic rings. The molecule has 0 amide bonds. The molecule has 16 heteroatoms. The van der Waals surface area contributed by atoms with Gasteiger partial charge in [-0.15, -0.1) is 18.8 Å². The summed E-state index contributed by atoms with van der Waals surface area (Å²) < 4.78 is 12.5. The molecule has 7 aromatic rings. The summed E-state index contributed by atoms with van der Waals surface area (Å²) in [5, 5.41) is 19.0. The minimum absolute atomic E-state index is 0. The van der Waals surface area contributed by atoms with Gasteiger partial charge in [0.1, 0.15) is 0 Å². The van der Waals surface area contributed by atoms with Crippen LogP contribution in [0.2, 0.25) is 0 Å². The van der Waals surface area contributed by atoms with Gasteiger partial charge >= 0.3 is 0 Å². The first-order valence-corrected chi connectivity index (χ1v) is 22.5. The molecule has 0 spiro atoms. The predicted molar refractivity (Wildman–Crippen MR) is 271 cm³/mol. The molecule has 344 valence electrons. The van der Waals surface area contributed by atoms with E-state index in [0.29, 0.717) is 34.9 Å². The quantitative estimate of drug-likeness (QED) is 0.0351. The van der Waals surface area contributed by atoms with E-state index in [-0.39, 0.29) is 35.3 Å². The number of aromatic nitrogens is 6. The number of hydrogen-bond donors (Lipinski definition) is 2. The van der Waals surface area contributed by atoms with E-state index in [1.807, 2.05) is 98.8 Å². The van der Waals surface area contributed by atoms with Crippen molar-refractivity contribution in [1.82, 2.24) is 30.2 Å². The summed E-state index contributed by atoms with van der Waals surface area (Å²) >= 11 is 11.8. The van der Waals surface area contributed by atoms with Crippen molar-refractivity contribution >= 4 is 66.9 Å². The zero-order chi connectivity index (χ0) is 47.6. The van der Waals surface area contributed by atoms with Crippen molar-refractivity contribution in [1.29, 1.82) is 0 Å². The van der Waals surface area contributed by atoms with Crippen LogP contribution in [0.15, 0.2) is 145 Å². The summed E-state index contributed by atoms with van der Waals surface area (Å²) in [5.41, 5.74) is 10.6. The molecule has 3 atom stereocenters. The average molecular weight is 1060 g/mol. The van der Waals surface area contributed by atoms with Gasteiger partial charge in [-0.05, 0) is 116 Å². The largest absolute Gasteiger partial charge is 0.409 e. The molecule has 4 aromatic heterocycles. The highest BCUT2D eigenvalue weighted by Crippen LogP contribution is 2.24. The lowest BCUT2D eigenvalue weighted by Gasteiger charge is -1.98. The summed E-state index contributed by atoms with van der Waals surface area (Å²) in [5.74, 6) is 12.1. The number of rotatable bonds is 9. The van der Waals surface area contributed by atoms with Crippen molar-refractivity contribution in [2.45, 2.75) is 72.6 Å². The van der Waals surface area contributed by atoms with Gasteiger partial charge in [0.25, 0.3) is 0 Å². The van der Waals surface area contributed by atoms with E-state index in [1.54, 1.807) is 36.9 Å². The third-order valence-corrected chi connectivity index (χ3v) is 10.7. The molecule has 3 unspecified atom stereocenters. The van der Waals surface area contributed by atoms with Gasteiger partial charge in [0, 0.05) is 84.9 Å². The maximum atomic E-state index is 10.1. The number of pyridine rings is 2. The fourth-order valence-corrected chi connectivity index (χ4v) is 5.31. The Bertz CT molecular complexity index is 2590. The molecule has 3 N–H and O–H groups in total. The standard InChI is InChI=1S/C19H17N3O.C12H13BrN2O.C7H7BrN2O.C7H5N.C5H9ClO.ClH/c1-3-14(2)19-21-18(22-23-19)17-10-8-15(9-11-17)6-7-16-5-4-12-20-13-16;1-3-8(2)12-14-11(15-16-12)9-4-6-10(13)7-5-9;8-6-3-1-5(2-4-6)7(9)10-11;1-2-7-4-3-5-8-6-7;1-3-4(2)5(6)7;/h4-5,8-14H,3H2,1-2H3;4-8H,3H2,1-2H3;1-4,11H,(H2,9,10);1,3-6H;4H,3H2,1-2H3;1H. The Morgan fingerprint density at radius 2 is 1.15 bits per heavy atom. The Morgan fingerprint density at radius 3 is 1.52 bits per heavy atom. The predicted octanol–water partition coefficient (Wildman–Crippen LogP) is 12.9. The Morgan fingerprint density at radius 1 is 0.712 bits per heavy atom. The number of nitrogens with two attached hydrogens (primary N) is 1. The second-order valence-electron chi connectivity index (χ2n) is 14.1. The number of terminal acetylenes is 1. The van der Waals surface area contributed by atoms with Crippen LogP contribution in [0.25, 0.3) is 22.8 Å². The van der Waals surface area contributed by atoms with E-state index in [0.717, 1.165) is 56.0 Å². The van der Waals surface area contributed by atoms with Gasteiger partial charge < -0.3 is 20.0 Å². The average Bonchev–Trinajstić information content (AvgIpc) is 4.06. The van der Waals surface area contributed by atoms with Crippen LogP contribution >= 0.6 is 55.9 Å². The van der Waals surface area contributed by atoms with Crippen LogP contribution in [0, 0.1) is 30.1 Å². The number of carbonyl (C=O) groups is 1. The summed E-state index contributed by atoms with van der Waals surface area (Å²) in [6.45, 7) is 12.1. The molecule has 12 nitrogen and oxygen atoms in total. The number of nitrogens with zero attached hydrogens (tertiary/aromatic N) is 7. The summed E-state index contributed by atoms with van der Waals surface area (Å²) in [7, 11) is 0. The number of amidine groups is 1. The van der Waals surface area contributed by atoms with Crippen LogP contribution in [0.4, 0.5) is 0 Å². The molecule has 0 radical (unpaired) electrons. The molecular weight excluding hydrogens is 1010 g/mol. The third-order valence-electron chi connectivity index (χ3n) is 9.29. The topological polar surface area (TPSA) is 179 Å². The van der Waals surface area contributed by atoms with Gasteiger partial charge in [-0.2, -0.15) is 9.97 Å². The van der Waals surface area contributed by atoms with E-state index in [9.17, 15) is 4.79 Å². The summed E-state index contributed by atoms with van der Waals surface area (Å²) in [4.78, 5) is 26.8. The maximum absolute atomic E-state index is 10.1. The zero-order valence-corrected chi connectivity index (χ0v) is 42.1. The smallest absolute Gasteiger partial charge is 0.229 e. The van der Waals surface area contributed by atoms with Crippen molar-refractivity contribution in [2.75, 3.05) is 0 Å². The van der Waals surface area contributed by atoms with Gasteiger partial charge in [0.2, 0.25) is 28.7 Å². The monoisotopic (exact) mass is 1060 g/mol. The fourth-order valence-electron chi connectivity index (χ4n) is 4.62. The van der Waals surface area contributed by atoms with Gasteiger partial charge in [-0.1, -0.05) is 119 Å². The molecule has 0 saturated heterocycles. The second kappa shape index (κ2) is 30.9. The van der Waals surface area contributed by atoms with Crippen LogP contribution in [0.3, 0.4) is 0 Å². The summed E-state index contributed by atoms with van der Waals surface area (Å²) in [6, 6.07) is 30.3. The lowest BCUT2D eigenvalue weighted by atomic mass is 10.1. The molecule has 0 saturated carbocycles. The Balaban J connectivity index is 0.000000304. The Kier molecular flexibility index (Phi) is 26.2. The van der Waals surface area contributed by atoms with E-state index in [4.69, 9.17) is 38.0 Å². The molecule has 0 bridgehead atoms. The molecule has 3 aromatic carbocycles. The molecule has 66 heavy (non-hydrogen) atoms. The zero-order valence-electron chi connectivity index (χ0n) is 37.4. The highest BCUT2D eigenvalue weighted by molar-refractivity contribution is 9.10. The number of oxime groups is 1. The van der Waals surface area contributed by atoms with Crippen LogP contribution in [0.5, 0.6) is 0 Å². The van der Waals surface area contributed by atoms with Gasteiger partial charge in [0.05, 0.1) is 0 Å². The lowest BCUT2D eigenvalue weighted by molar-refractivity contribution is -0.114. The normalized spacial score (nSPS) is 11.4. The van der Waals surface area contributed by atoms with Gasteiger partial charge in [-0.3, -0.25) is 14.8 Å². The highest BCUT2D eigenvalue weighted by Gasteiger charge is 2.14.